The number of pyridine rings is 2. The molecule has 2 heterocycles. The van der Waals surface area contributed by atoms with E-state index < -0.39 is 0 Å². The summed E-state index contributed by atoms with van der Waals surface area (Å²) in [5.41, 5.74) is 1.19. The lowest BCUT2D eigenvalue weighted by molar-refractivity contribution is 0.723. The van der Waals surface area contributed by atoms with Crippen molar-refractivity contribution in [3.63, 3.8) is 0 Å². The molecule has 0 radical (unpaired) electrons. The Hall–Kier alpha value is -1.10. The van der Waals surface area contributed by atoms with E-state index in [0.29, 0.717) is 5.02 Å². The van der Waals surface area contributed by atoms with Crippen LogP contribution in [0.2, 0.25) is 5.02 Å². The van der Waals surface area contributed by atoms with Crippen LogP contribution in [0.4, 0.5) is 0 Å². The van der Waals surface area contributed by atoms with Crippen LogP contribution in [-0.2, 0) is 6.54 Å². The van der Waals surface area contributed by atoms with E-state index in [1.165, 1.54) is 17.3 Å². The number of rotatable bonds is 5. The second-order valence-electron chi connectivity index (χ2n) is 3.70. The van der Waals surface area contributed by atoms with E-state index in [4.69, 9.17) is 11.6 Å². The van der Waals surface area contributed by atoms with Gasteiger partial charge in [-0.1, -0.05) is 36.4 Å². The van der Waals surface area contributed by atoms with Gasteiger partial charge < -0.3 is 5.32 Å². The van der Waals surface area contributed by atoms with Gasteiger partial charge in [0.05, 0.1) is 5.02 Å². The quantitative estimate of drug-likeness (QED) is 0.910. The number of nitrogens with zero attached hydrogens (tertiary/aromatic N) is 2. The third-order valence-electron chi connectivity index (χ3n) is 2.29. The van der Waals surface area contributed by atoms with Gasteiger partial charge in [-0.2, -0.15) is 0 Å². The van der Waals surface area contributed by atoms with Crippen molar-refractivity contribution >= 4 is 23.4 Å². The van der Waals surface area contributed by atoms with Crippen LogP contribution in [0.5, 0.6) is 0 Å². The van der Waals surface area contributed by atoms with E-state index in [1.54, 1.807) is 6.20 Å². The second kappa shape index (κ2) is 6.73. The van der Waals surface area contributed by atoms with Gasteiger partial charge in [-0.05, 0) is 30.3 Å². The van der Waals surface area contributed by atoms with Gasteiger partial charge in [-0.25, -0.2) is 9.97 Å². The number of halogens is 1. The number of hydrogen-bond donors (Lipinski definition) is 1. The van der Waals surface area contributed by atoms with Crippen LogP contribution < -0.4 is 5.32 Å². The lowest BCUT2D eigenvalue weighted by atomic mass is 10.3. The van der Waals surface area contributed by atoms with Crippen LogP contribution in [0.25, 0.3) is 0 Å². The summed E-state index contributed by atoms with van der Waals surface area (Å²) in [6, 6.07) is 7.80. The maximum absolute atomic E-state index is 5.79. The molecule has 0 unspecified atom stereocenters. The van der Waals surface area contributed by atoms with Gasteiger partial charge in [0.15, 0.2) is 0 Å². The molecule has 2 aromatic rings. The highest BCUT2D eigenvalue weighted by atomic mass is 35.5. The molecule has 18 heavy (non-hydrogen) atoms. The second-order valence-corrected chi connectivity index (χ2v) is 5.18. The molecule has 0 aliphatic rings. The summed E-state index contributed by atoms with van der Waals surface area (Å²) >= 11 is 7.32. The monoisotopic (exact) mass is 279 g/mol. The number of nitrogens with one attached hydrogen (secondary N) is 1. The van der Waals surface area contributed by atoms with Crippen molar-refractivity contribution in [1.82, 2.24) is 15.3 Å². The molecule has 2 aromatic heterocycles. The summed E-state index contributed by atoms with van der Waals surface area (Å²) < 4.78 is 0. The highest BCUT2D eigenvalue weighted by molar-refractivity contribution is 7.99. The molecular weight excluding hydrogens is 266 g/mol. The number of aromatic nitrogens is 2. The molecule has 0 atom stereocenters. The van der Waals surface area contributed by atoms with Crippen molar-refractivity contribution in [2.75, 3.05) is 6.54 Å². The molecule has 0 bridgehead atoms. The SMILES string of the molecule is CCNCc1ccc(Sc2ccc(Cl)cn2)nc1. The first kappa shape index (κ1) is 13.3. The fourth-order valence-electron chi connectivity index (χ4n) is 1.37. The van der Waals surface area contributed by atoms with Gasteiger partial charge in [-0.15, -0.1) is 0 Å². The fourth-order valence-corrected chi connectivity index (χ4v) is 2.18. The minimum atomic E-state index is 0.647. The Morgan fingerprint density at radius 2 is 1.83 bits per heavy atom. The summed E-state index contributed by atoms with van der Waals surface area (Å²) in [5.74, 6) is 0. The topological polar surface area (TPSA) is 37.8 Å². The van der Waals surface area contributed by atoms with E-state index >= 15 is 0 Å². The summed E-state index contributed by atoms with van der Waals surface area (Å²) in [7, 11) is 0. The predicted molar refractivity (Wildman–Crippen MR) is 75.0 cm³/mol. The first-order chi connectivity index (χ1) is 8.78. The third kappa shape index (κ3) is 3.98. The van der Waals surface area contributed by atoms with Crippen LogP contribution in [0.15, 0.2) is 46.7 Å². The molecular formula is C13H14ClN3S. The first-order valence-corrected chi connectivity index (χ1v) is 6.92. The maximum Gasteiger partial charge on any atom is 0.102 e. The van der Waals surface area contributed by atoms with Crippen LogP contribution in [-0.4, -0.2) is 16.5 Å². The molecule has 2 rings (SSSR count). The predicted octanol–water partition coefficient (Wildman–Crippen LogP) is 3.39. The zero-order valence-corrected chi connectivity index (χ0v) is 11.6. The summed E-state index contributed by atoms with van der Waals surface area (Å²) in [4.78, 5) is 8.62. The van der Waals surface area contributed by atoms with Crippen molar-refractivity contribution in [3.8, 4) is 0 Å². The highest BCUT2D eigenvalue weighted by Gasteiger charge is 2.00. The molecule has 0 aromatic carbocycles. The lowest BCUT2D eigenvalue weighted by Crippen LogP contribution is -2.11. The van der Waals surface area contributed by atoms with E-state index in [0.717, 1.165) is 23.1 Å². The van der Waals surface area contributed by atoms with Crippen LogP contribution in [0.1, 0.15) is 12.5 Å². The summed E-state index contributed by atoms with van der Waals surface area (Å²) in [6.07, 6.45) is 3.53. The minimum Gasteiger partial charge on any atom is -0.313 e. The van der Waals surface area contributed by atoms with Gasteiger partial charge in [0.2, 0.25) is 0 Å². The van der Waals surface area contributed by atoms with Gasteiger partial charge in [0, 0.05) is 18.9 Å². The van der Waals surface area contributed by atoms with Crippen molar-refractivity contribution < 1.29 is 0 Å². The standard InChI is InChI=1S/C13H14ClN3S/c1-2-15-7-10-3-5-12(16-8-10)18-13-6-4-11(14)9-17-13/h3-6,8-9,15H,2,7H2,1H3. The molecule has 5 heteroatoms. The Balaban J connectivity index is 1.99. The lowest BCUT2D eigenvalue weighted by Gasteiger charge is -2.03. The number of hydrogen-bond acceptors (Lipinski definition) is 4. The van der Waals surface area contributed by atoms with E-state index in [1.807, 2.05) is 24.4 Å². The molecule has 94 valence electrons. The first-order valence-electron chi connectivity index (χ1n) is 5.73. The molecule has 0 saturated carbocycles. The molecule has 0 aliphatic carbocycles. The molecule has 0 spiro atoms. The van der Waals surface area contributed by atoms with Gasteiger partial charge in [0.1, 0.15) is 10.1 Å². The van der Waals surface area contributed by atoms with Gasteiger partial charge in [-0.3, -0.25) is 0 Å². The molecule has 0 saturated heterocycles. The zero-order chi connectivity index (χ0) is 12.8. The normalized spacial score (nSPS) is 10.6. The van der Waals surface area contributed by atoms with E-state index in [9.17, 15) is 0 Å². The van der Waals surface area contributed by atoms with E-state index in [2.05, 4.69) is 28.3 Å². The molecule has 0 fully saturated rings. The largest absolute Gasteiger partial charge is 0.313 e. The fraction of sp³-hybridized carbons (Fsp3) is 0.231. The van der Waals surface area contributed by atoms with Gasteiger partial charge >= 0.3 is 0 Å². The maximum atomic E-state index is 5.79. The Bertz CT molecular complexity index is 485. The van der Waals surface area contributed by atoms with Crippen LogP contribution in [0, 0.1) is 0 Å². The van der Waals surface area contributed by atoms with Crippen molar-refractivity contribution in [2.45, 2.75) is 23.5 Å². The summed E-state index contributed by atoms with van der Waals surface area (Å²) in [6.45, 7) is 3.91. The van der Waals surface area contributed by atoms with Crippen LogP contribution >= 0.6 is 23.4 Å². The Morgan fingerprint density at radius 3 is 2.39 bits per heavy atom. The third-order valence-corrected chi connectivity index (χ3v) is 3.41. The Kier molecular flexibility index (Phi) is 4.99. The smallest absolute Gasteiger partial charge is 0.102 e. The average molecular weight is 280 g/mol. The van der Waals surface area contributed by atoms with E-state index in [-0.39, 0.29) is 0 Å². The van der Waals surface area contributed by atoms with Crippen molar-refractivity contribution in [3.05, 3.63) is 47.2 Å². The zero-order valence-electron chi connectivity index (χ0n) is 10.1. The molecule has 0 aliphatic heterocycles. The minimum absolute atomic E-state index is 0.647. The average Bonchev–Trinajstić information content (AvgIpc) is 2.41. The highest BCUT2D eigenvalue weighted by Crippen LogP contribution is 2.24. The molecule has 3 nitrogen and oxygen atoms in total. The molecule has 0 amide bonds. The van der Waals surface area contributed by atoms with Crippen molar-refractivity contribution in [2.24, 2.45) is 0 Å². The Labute approximate surface area is 116 Å². The summed E-state index contributed by atoms with van der Waals surface area (Å²) in [5, 5.41) is 5.74. The van der Waals surface area contributed by atoms with Gasteiger partial charge in [0.25, 0.3) is 0 Å². The van der Waals surface area contributed by atoms with Crippen molar-refractivity contribution in [1.29, 1.82) is 0 Å². The van der Waals surface area contributed by atoms with Crippen LogP contribution in [0.3, 0.4) is 0 Å². The molecule has 1 N–H and O–H groups in total. The Morgan fingerprint density at radius 1 is 1.11 bits per heavy atom.